The normalized spacial score (nSPS) is 22.1. The van der Waals surface area contributed by atoms with Crippen LogP contribution in [0.1, 0.15) is 96.8 Å². The molecule has 0 radical (unpaired) electrons. The molecule has 1 aliphatic rings. The van der Waals surface area contributed by atoms with Gasteiger partial charge >= 0.3 is 0 Å². The Morgan fingerprint density at radius 3 is 2.18 bits per heavy atom. The van der Waals surface area contributed by atoms with E-state index in [4.69, 9.17) is 14.4 Å². The highest BCUT2D eigenvalue weighted by atomic mass is 31.2. The number of rotatable bonds is 18. The molecule has 0 saturated carbocycles. The van der Waals surface area contributed by atoms with Crippen LogP contribution in [0.25, 0.3) is 0 Å². The van der Waals surface area contributed by atoms with Crippen molar-refractivity contribution in [1.82, 2.24) is 0 Å². The summed E-state index contributed by atoms with van der Waals surface area (Å²) < 4.78 is 25.9. The maximum atomic E-state index is 10.6. The highest BCUT2D eigenvalue weighted by Gasteiger charge is 2.26. The Morgan fingerprint density at radius 1 is 1.00 bits per heavy atom. The number of phosphoric ester groups is 1. The van der Waals surface area contributed by atoms with Crippen molar-refractivity contribution in [3.63, 3.8) is 0 Å². The number of unbranched alkanes of at least 4 members (excludes halogenated alkanes) is 11. The summed E-state index contributed by atoms with van der Waals surface area (Å²) in [5, 5.41) is 0. The molecule has 0 spiro atoms. The standard InChI is InChI=1S/C21H41O6P/c1-2-3-4-5-6-7-8-9-10-11-12-13-14-15-16-17-21-25-18-20(27-21)19-26-28(22,23)24/h9-10,20-21H,2-8,11-19H2,1H3,(H2,22,23,24)/p-1/b10-9-. The van der Waals surface area contributed by atoms with Gasteiger partial charge in [0.2, 0.25) is 0 Å². The molecule has 28 heavy (non-hydrogen) atoms. The second kappa shape index (κ2) is 16.6. The van der Waals surface area contributed by atoms with Gasteiger partial charge in [-0.05, 0) is 38.5 Å². The van der Waals surface area contributed by atoms with E-state index < -0.39 is 13.9 Å². The van der Waals surface area contributed by atoms with E-state index in [2.05, 4.69) is 23.6 Å². The summed E-state index contributed by atoms with van der Waals surface area (Å²) in [6.45, 7) is 2.36. The summed E-state index contributed by atoms with van der Waals surface area (Å²) in [5.74, 6) is 0. The summed E-state index contributed by atoms with van der Waals surface area (Å²) in [6.07, 6.45) is 21.2. The first-order valence-electron chi connectivity index (χ1n) is 11.1. The monoisotopic (exact) mass is 419 g/mol. The van der Waals surface area contributed by atoms with Gasteiger partial charge in [0, 0.05) is 0 Å². The van der Waals surface area contributed by atoms with Gasteiger partial charge in [-0.25, -0.2) is 0 Å². The van der Waals surface area contributed by atoms with Crippen molar-refractivity contribution in [2.24, 2.45) is 0 Å². The zero-order valence-corrected chi connectivity index (χ0v) is 18.5. The third-order valence-corrected chi connectivity index (χ3v) is 5.41. The summed E-state index contributed by atoms with van der Waals surface area (Å²) in [7, 11) is -4.68. The Bertz CT molecular complexity index is 437. The molecule has 6 nitrogen and oxygen atoms in total. The minimum atomic E-state index is -4.68. The van der Waals surface area contributed by atoms with E-state index in [9.17, 15) is 9.46 Å². The van der Waals surface area contributed by atoms with E-state index in [1.165, 1.54) is 70.6 Å². The molecule has 1 rings (SSSR count). The Hall–Kier alpha value is -0.230. The smallest absolute Gasteiger partial charge is 0.265 e. The second-order valence-electron chi connectivity index (χ2n) is 7.66. The van der Waals surface area contributed by atoms with Crippen LogP contribution >= 0.6 is 7.82 Å². The van der Waals surface area contributed by atoms with Crippen LogP contribution < -0.4 is 4.89 Å². The fourth-order valence-electron chi connectivity index (χ4n) is 3.31. The van der Waals surface area contributed by atoms with Gasteiger partial charge in [0.1, 0.15) is 6.10 Å². The first-order valence-corrected chi connectivity index (χ1v) is 12.6. The van der Waals surface area contributed by atoms with Crippen molar-refractivity contribution < 1.29 is 28.3 Å². The third-order valence-electron chi connectivity index (χ3n) is 4.94. The number of ether oxygens (including phenoxy) is 2. The summed E-state index contributed by atoms with van der Waals surface area (Å²) >= 11 is 0. The highest BCUT2D eigenvalue weighted by molar-refractivity contribution is 7.44. The minimum Gasteiger partial charge on any atom is -0.756 e. The lowest BCUT2D eigenvalue weighted by Gasteiger charge is -2.17. The van der Waals surface area contributed by atoms with Crippen LogP contribution in [0.4, 0.5) is 0 Å². The average Bonchev–Trinajstić information content (AvgIpc) is 3.10. The van der Waals surface area contributed by atoms with Gasteiger partial charge in [0.25, 0.3) is 7.82 Å². The van der Waals surface area contributed by atoms with Crippen molar-refractivity contribution in [3.8, 4) is 0 Å². The van der Waals surface area contributed by atoms with E-state index in [0.717, 1.165) is 19.3 Å². The molecule has 0 amide bonds. The third kappa shape index (κ3) is 15.7. The molecule has 3 unspecified atom stereocenters. The Balaban J connectivity index is 1.83. The predicted octanol–water partition coefficient (Wildman–Crippen LogP) is 5.24. The van der Waals surface area contributed by atoms with Gasteiger partial charge in [0.15, 0.2) is 6.29 Å². The average molecular weight is 420 g/mol. The lowest BCUT2D eigenvalue weighted by molar-refractivity contribution is -0.222. The quantitative estimate of drug-likeness (QED) is 0.186. The molecule has 0 aliphatic carbocycles. The molecule has 7 heteroatoms. The molecule has 1 aliphatic heterocycles. The van der Waals surface area contributed by atoms with Crippen LogP contribution in [0.15, 0.2) is 12.2 Å². The lowest BCUT2D eigenvalue weighted by Crippen LogP contribution is -2.20. The lowest BCUT2D eigenvalue weighted by atomic mass is 10.1. The summed E-state index contributed by atoms with van der Waals surface area (Å²) in [6, 6.07) is 0. The molecule has 0 aromatic carbocycles. The molecular formula is C21H40O6P-. The fraction of sp³-hybridized carbons (Fsp3) is 0.905. The highest BCUT2D eigenvalue weighted by Crippen LogP contribution is 2.31. The van der Waals surface area contributed by atoms with Gasteiger partial charge in [-0.1, -0.05) is 70.4 Å². The molecule has 0 bridgehead atoms. The molecule has 1 fully saturated rings. The van der Waals surface area contributed by atoms with Crippen LogP contribution in [-0.2, 0) is 18.6 Å². The van der Waals surface area contributed by atoms with Crippen LogP contribution in [0, 0.1) is 0 Å². The summed E-state index contributed by atoms with van der Waals surface area (Å²) in [5.41, 5.74) is 0. The van der Waals surface area contributed by atoms with E-state index in [-0.39, 0.29) is 12.9 Å². The Kier molecular flexibility index (Phi) is 15.3. The Labute approximate surface area is 171 Å². The predicted molar refractivity (Wildman–Crippen MR) is 110 cm³/mol. The molecule has 1 saturated heterocycles. The molecule has 166 valence electrons. The van der Waals surface area contributed by atoms with Gasteiger partial charge in [-0.2, -0.15) is 0 Å². The molecule has 1 heterocycles. The van der Waals surface area contributed by atoms with Gasteiger partial charge < -0.3 is 23.8 Å². The molecule has 3 atom stereocenters. The van der Waals surface area contributed by atoms with Crippen molar-refractivity contribution in [1.29, 1.82) is 0 Å². The number of phosphoric acid groups is 1. The van der Waals surface area contributed by atoms with E-state index in [1.807, 2.05) is 0 Å². The summed E-state index contributed by atoms with van der Waals surface area (Å²) in [4.78, 5) is 19.1. The van der Waals surface area contributed by atoms with E-state index in [0.29, 0.717) is 6.61 Å². The van der Waals surface area contributed by atoms with Crippen molar-refractivity contribution in [2.75, 3.05) is 13.2 Å². The molecule has 0 aromatic heterocycles. The Morgan fingerprint density at radius 2 is 1.57 bits per heavy atom. The molecule has 1 N–H and O–H groups in total. The van der Waals surface area contributed by atoms with Crippen LogP contribution in [-0.4, -0.2) is 30.5 Å². The van der Waals surface area contributed by atoms with Gasteiger partial charge in [0.05, 0.1) is 13.2 Å². The first-order chi connectivity index (χ1) is 13.5. The first kappa shape index (κ1) is 25.8. The SMILES string of the molecule is CCCCCCCC/C=C\CCCCCCCC1OCC(COP(=O)([O-])O)O1. The number of hydrogen-bond donors (Lipinski definition) is 1. The van der Waals surface area contributed by atoms with E-state index >= 15 is 0 Å². The zero-order valence-electron chi connectivity index (χ0n) is 17.6. The largest absolute Gasteiger partial charge is 0.756 e. The maximum absolute atomic E-state index is 10.6. The molecule has 0 aromatic rings. The van der Waals surface area contributed by atoms with Gasteiger partial charge in [-0.15, -0.1) is 0 Å². The fourth-order valence-corrected chi connectivity index (χ4v) is 3.66. The van der Waals surface area contributed by atoms with Crippen molar-refractivity contribution >= 4 is 7.82 Å². The van der Waals surface area contributed by atoms with Crippen LogP contribution in [0.2, 0.25) is 0 Å². The van der Waals surface area contributed by atoms with Crippen LogP contribution in [0.3, 0.4) is 0 Å². The topological polar surface area (TPSA) is 88.1 Å². The molecular weight excluding hydrogens is 379 g/mol. The van der Waals surface area contributed by atoms with E-state index in [1.54, 1.807) is 0 Å². The van der Waals surface area contributed by atoms with Crippen molar-refractivity contribution in [2.45, 2.75) is 109 Å². The number of hydrogen-bond acceptors (Lipinski definition) is 5. The van der Waals surface area contributed by atoms with Gasteiger partial charge in [-0.3, -0.25) is 4.57 Å². The number of allylic oxidation sites excluding steroid dienone is 2. The zero-order chi connectivity index (χ0) is 20.5. The van der Waals surface area contributed by atoms with Crippen molar-refractivity contribution in [3.05, 3.63) is 12.2 Å². The second-order valence-corrected chi connectivity index (χ2v) is 8.85. The van der Waals surface area contributed by atoms with Crippen LogP contribution in [0.5, 0.6) is 0 Å². The minimum absolute atomic E-state index is 0.194. The maximum Gasteiger partial charge on any atom is 0.265 e.